The molecule has 0 fully saturated rings. The number of hydrogen-bond acceptors (Lipinski definition) is 6. The van der Waals surface area contributed by atoms with E-state index in [1.54, 1.807) is 25.3 Å². The molecule has 2 aromatic heterocycles. The highest BCUT2D eigenvalue weighted by Crippen LogP contribution is 2.46. The Morgan fingerprint density at radius 3 is 2.78 bits per heavy atom. The standard InChI is InChI=1S/C20H16N2O4S/c1-2-24-20(23)13-3-5-15(6-4-13)22-10-14(9-21)16(11-22)19-18-17(12-27-19)25-7-8-26-18/h3-6,10-12H,2,7-8H2,1H3. The lowest BCUT2D eigenvalue weighted by atomic mass is 10.1. The molecule has 136 valence electrons. The molecule has 0 saturated carbocycles. The van der Waals surface area contributed by atoms with Gasteiger partial charge in [0.1, 0.15) is 19.3 Å². The van der Waals surface area contributed by atoms with Crippen molar-refractivity contribution in [1.29, 1.82) is 5.26 Å². The fourth-order valence-electron chi connectivity index (χ4n) is 2.91. The lowest BCUT2D eigenvalue weighted by Gasteiger charge is -2.15. The van der Waals surface area contributed by atoms with Crippen molar-refractivity contribution >= 4 is 17.3 Å². The summed E-state index contributed by atoms with van der Waals surface area (Å²) in [7, 11) is 0. The molecule has 4 rings (SSSR count). The molecule has 1 aliphatic rings. The minimum absolute atomic E-state index is 0.337. The monoisotopic (exact) mass is 380 g/mol. The highest BCUT2D eigenvalue weighted by Gasteiger charge is 2.23. The molecule has 0 spiro atoms. The normalized spacial score (nSPS) is 12.4. The second kappa shape index (κ2) is 7.17. The van der Waals surface area contributed by atoms with Crippen LogP contribution in [-0.4, -0.2) is 30.4 Å². The number of thiophene rings is 1. The predicted molar refractivity (Wildman–Crippen MR) is 101 cm³/mol. The molecule has 0 atom stereocenters. The summed E-state index contributed by atoms with van der Waals surface area (Å²) in [5, 5.41) is 11.5. The van der Waals surface area contributed by atoms with E-state index in [-0.39, 0.29) is 5.97 Å². The maximum Gasteiger partial charge on any atom is 0.338 e. The maximum atomic E-state index is 11.8. The number of hydrogen-bond donors (Lipinski definition) is 0. The highest BCUT2D eigenvalue weighted by molar-refractivity contribution is 7.14. The first-order chi connectivity index (χ1) is 13.2. The van der Waals surface area contributed by atoms with Gasteiger partial charge < -0.3 is 18.8 Å². The molecule has 0 saturated heterocycles. The third-order valence-corrected chi connectivity index (χ3v) is 5.14. The molecule has 0 aliphatic carbocycles. The van der Waals surface area contributed by atoms with Crippen LogP contribution in [0, 0.1) is 11.3 Å². The topological polar surface area (TPSA) is 73.5 Å². The molecule has 3 aromatic rings. The molecule has 3 heterocycles. The number of carbonyl (C=O) groups excluding carboxylic acids is 1. The van der Waals surface area contributed by atoms with Gasteiger partial charge in [-0.05, 0) is 31.2 Å². The van der Waals surface area contributed by atoms with Gasteiger partial charge in [0.2, 0.25) is 0 Å². The van der Waals surface area contributed by atoms with Crippen molar-refractivity contribution in [1.82, 2.24) is 4.57 Å². The van der Waals surface area contributed by atoms with Gasteiger partial charge in [-0.1, -0.05) is 0 Å². The zero-order valence-electron chi connectivity index (χ0n) is 14.6. The fraction of sp³-hybridized carbons (Fsp3) is 0.200. The van der Waals surface area contributed by atoms with Gasteiger partial charge in [0, 0.05) is 29.0 Å². The number of benzene rings is 1. The lowest BCUT2D eigenvalue weighted by Crippen LogP contribution is -2.14. The first-order valence-electron chi connectivity index (χ1n) is 8.48. The minimum Gasteiger partial charge on any atom is -0.485 e. The van der Waals surface area contributed by atoms with E-state index in [9.17, 15) is 10.1 Å². The highest BCUT2D eigenvalue weighted by atomic mass is 32.1. The van der Waals surface area contributed by atoms with Gasteiger partial charge in [-0.2, -0.15) is 5.26 Å². The van der Waals surface area contributed by atoms with Gasteiger partial charge in [0.25, 0.3) is 0 Å². The summed E-state index contributed by atoms with van der Waals surface area (Å²) in [5.41, 5.74) is 2.67. The first kappa shape index (κ1) is 17.2. The molecule has 7 heteroatoms. The summed E-state index contributed by atoms with van der Waals surface area (Å²) >= 11 is 1.49. The van der Waals surface area contributed by atoms with E-state index >= 15 is 0 Å². The Balaban J connectivity index is 1.69. The smallest absolute Gasteiger partial charge is 0.338 e. The maximum absolute atomic E-state index is 11.8. The van der Waals surface area contributed by atoms with Crippen molar-refractivity contribution < 1.29 is 19.0 Å². The molecule has 0 bridgehead atoms. The van der Waals surface area contributed by atoms with Gasteiger partial charge in [0.15, 0.2) is 11.5 Å². The molecule has 27 heavy (non-hydrogen) atoms. The molecule has 0 amide bonds. The average molecular weight is 380 g/mol. The van der Waals surface area contributed by atoms with Crippen LogP contribution in [0.25, 0.3) is 16.1 Å². The zero-order valence-corrected chi connectivity index (χ0v) is 15.4. The zero-order chi connectivity index (χ0) is 18.8. The largest absolute Gasteiger partial charge is 0.485 e. The van der Waals surface area contributed by atoms with E-state index in [4.69, 9.17) is 14.2 Å². The van der Waals surface area contributed by atoms with E-state index in [1.165, 1.54) is 11.3 Å². The Morgan fingerprint density at radius 1 is 1.26 bits per heavy atom. The minimum atomic E-state index is -0.350. The Kier molecular flexibility index (Phi) is 4.57. The van der Waals surface area contributed by atoms with Crippen molar-refractivity contribution in [2.45, 2.75) is 6.92 Å². The number of nitriles is 1. The van der Waals surface area contributed by atoms with Crippen LogP contribution in [0.4, 0.5) is 0 Å². The Bertz CT molecular complexity index is 1030. The van der Waals surface area contributed by atoms with Crippen LogP contribution in [0.3, 0.4) is 0 Å². The summed E-state index contributed by atoms with van der Waals surface area (Å²) in [6.45, 7) is 3.13. The predicted octanol–water partition coefficient (Wildman–Crippen LogP) is 4.03. The molecule has 0 N–H and O–H groups in total. The third-order valence-electron chi connectivity index (χ3n) is 4.17. The van der Waals surface area contributed by atoms with Crippen LogP contribution >= 0.6 is 11.3 Å². The number of nitrogens with zero attached hydrogens (tertiary/aromatic N) is 2. The third kappa shape index (κ3) is 3.15. The Morgan fingerprint density at radius 2 is 2.04 bits per heavy atom. The van der Waals surface area contributed by atoms with Crippen molar-refractivity contribution in [3.8, 4) is 33.7 Å². The first-order valence-corrected chi connectivity index (χ1v) is 9.36. The number of aromatic nitrogens is 1. The van der Waals surface area contributed by atoms with Crippen LogP contribution in [0.5, 0.6) is 11.5 Å². The fourth-order valence-corrected chi connectivity index (χ4v) is 3.86. The van der Waals surface area contributed by atoms with Crippen LogP contribution in [0.15, 0.2) is 42.0 Å². The average Bonchev–Trinajstić information content (AvgIpc) is 3.32. The van der Waals surface area contributed by atoms with E-state index in [0.717, 1.165) is 21.9 Å². The van der Waals surface area contributed by atoms with Gasteiger partial charge in [-0.25, -0.2) is 4.79 Å². The molecule has 6 nitrogen and oxygen atoms in total. The SMILES string of the molecule is CCOC(=O)c1ccc(-n2cc(C#N)c(-c3scc4c3OCCO4)c2)cc1. The quantitative estimate of drug-likeness (QED) is 0.639. The van der Waals surface area contributed by atoms with E-state index in [0.29, 0.717) is 36.7 Å². The van der Waals surface area contributed by atoms with Crippen LogP contribution < -0.4 is 9.47 Å². The number of fused-ring (bicyclic) bond motifs is 1. The molecular weight excluding hydrogens is 364 g/mol. The van der Waals surface area contributed by atoms with Crippen molar-refractivity contribution in [3.63, 3.8) is 0 Å². The van der Waals surface area contributed by atoms with E-state index in [1.807, 2.05) is 28.3 Å². The second-order valence-electron chi connectivity index (χ2n) is 5.83. The summed E-state index contributed by atoms with van der Waals surface area (Å²) in [5.74, 6) is 1.06. The van der Waals surface area contributed by atoms with E-state index in [2.05, 4.69) is 6.07 Å². The molecule has 1 aliphatic heterocycles. The van der Waals surface area contributed by atoms with Crippen molar-refractivity contribution in [3.05, 3.63) is 53.2 Å². The van der Waals surface area contributed by atoms with Crippen molar-refractivity contribution in [2.75, 3.05) is 19.8 Å². The molecule has 0 unspecified atom stereocenters. The van der Waals surface area contributed by atoms with Gasteiger partial charge in [-0.3, -0.25) is 0 Å². The van der Waals surface area contributed by atoms with Crippen LogP contribution in [0.1, 0.15) is 22.8 Å². The number of esters is 1. The van der Waals surface area contributed by atoms with Gasteiger partial charge in [0.05, 0.1) is 22.6 Å². The number of ether oxygens (including phenoxy) is 3. The second-order valence-corrected chi connectivity index (χ2v) is 6.71. The molecule has 0 radical (unpaired) electrons. The number of rotatable bonds is 4. The summed E-state index contributed by atoms with van der Waals surface area (Å²) in [6, 6.07) is 9.31. The summed E-state index contributed by atoms with van der Waals surface area (Å²) < 4.78 is 18.2. The van der Waals surface area contributed by atoms with Crippen LogP contribution in [0.2, 0.25) is 0 Å². The lowest BCUT2D eigenvalue weighted by molar-refractivity contribution is 0.0526. The molecular formula is C20H16N2O4S. The van der Waals surface area contributed by atoms with E-state index < -0.39 is 0 Å². The summed E-state index contributed by atoms with van der Waals surface area (Å²) in [6.07, 6.45) is 3.66. The Labute approximate surface area is 160 Å². The number of carbonyl (C=O) groups is 1. The van der Waals surface area contributed by atoms with Crippen molar-refractivity contribution in [2.24, 2.45) is 0 Å². The van der Waals surface area contributed by atoms with Crippen LogP contribution in [-0.2, 0) is 4.74 Å². The molecule has 1 aromatic carbocycles. The Hall–Kier alpha value is -3.24. The van der Waals surface area contributed by atoms with Gasteiger partial charge in [-0.15, -0.1) is 11.3 Å². The van der Waals surface area contributed by atoms with Gasteiger partial charge >= 0.3 is 5.97 Å². The summed E-state index contributed by atoms with van der Waals surface area (Å²) in [4.78, 5) is 12.7.